The number of aryl methyl sites for hydroxylation is 1. The van der Waals surface area contributed by atoms with Crippen LogP contribution in [0.5, 0.6) is 0 Å². The minimum Gasteiger partial charge on any atom is -0.339 e. The predicted molar refractivity (Wildman–Crippen MR) is 96.5 cm³/mol. The van der Waals surface area contributed by atoms with Crippen LogP contribution in [0.1, 0.15) is 59.9 Å². The Kier molecular flexibility index (Phi) is 4.44. The summed E-state index contributed by atoms with van der Waals surface area (Å²) in [5.41, 5.74) is 2.14. The molecule has 5 heteroatoms. The number of imidazole rings is 1. The van der Waals surface area contributed by atoms with Crippen molar-refractivity contribution >= 4 is 17.2 Å². The average Bonchev–Trinajstić information content (AvgIpc) is 3.16. The first-order chi connectivity index (χ1) is 11.7. The van der Waals surface area contributed by atoms with Crippen molar-refractivity contribution in [3.05, 3.63) is 40.1 Å². The van der Waals surface area contributed by atoms with Crippen LogP contribution in [-0.2, 0) is 6.54 Å². The van der Waals surface area contributed by atoms with Crippen LogP contribution in [0.15, 0.2) is 23.0 Å². The lowest BCUT2D eigenvalue weighted by atomic mass is 9.93. The van der Waals surface area contributed by atoms with Crippen LogP contribution >= 0.6 is 11.3 Å². The maximum Gasteiger partial charge on any atom is 0.254 e. The zero-order chi connectivity index (χ0) is 16.5. The van der Waals surface area contributed by atoms with Gasteiger partial charge < -0.3 is 9.47 Å². The Morgan fingerprint density at radius 3 is 2.75 bits per heavy atom. The number of aromatic nitrogens is 2. The average molecular weight is 343 g/mol. The molecule has 2 aliphatic rings. The Labute approximate surface area is 147 Å². The second-order valence-electron chi connectivity index (χ2n) is 7.22. The summed E-state index contributed by atoms with van der Waals surface area (Å²) in [4.78, 5) is 19.0. The first kappa shape index (κ1) is 15.9. The largest absolute Gasteiger partial charge is 0.339 e. The molecule has 4 nitrogen and oxygen atoms in total. The van der Waals surface area contributed by atoms with Gasteiger partial charge in [-0.05, 0) is 56.4 Å². The number of amides is 1. The highest BCUT2D eigenvalue weighted by Gasteiger charge is 2.29. The monoisotopic (exact) mass is 343 g/mol. The number of nitrogens with zero attached hydrogens (tertiary/aromatic N) is 3. The van der Waals surface area contributed by atoms with E-state index in [0.29, 0.717) is 5.92 Å². The second kappa shape index (κ2) is 6.71. The van der Waals surface area contributed by atoms with Crippen molar-refractivity contribution in [1.29, 1.82) is 0 Å². The first-order valence-electron chi connectivity index (χ1n) is 9.06. The van der Waals surface area contributed by atoms with Crippen LogP contribution in [0.3, 0.4) is 0 Å². The van der Waals surface area contributed by atoms with Gasteiger partial charge in [0.2, 0.25) is 0 Å². The van der Waals surface area contributed by atoms with Crippen LogP contribution in [0.25, 0.3) is 0 Å². The van der Waals surface area contributed by atoms with Crippen LogP contribution in [0.4, 0.5) is 0 Å². The van der Waals surface area contributed by atoms with E-state index in [-0.39, 0.29) is 5.91 Å². The molecule has 1 amide bonds. The summed E-state index contributed by atoms with van der Waals surface area (Å²) < 4.78 is 2.43. The SMILES string of the molecule is Cc1cnc(C2CC2)n1CCC1CCN(C(=O)c2ccsc2)CC1. The van der Waals surface area contributed by atoms with Crippen LogP contribution in [-0.4, -0.2) is 33.4 Å². The van der Waals surface area contributed by atoms with E-state index in [0.717, 1.165) is 44.0 Å². The normalized spacial score (nSPS) is 19.0. The number of carbonyl (C=O) groups is 1. The second-order valence-corrected chi connectivity index (χ2v) is 8.00. The van der Waals surface area contributed by atoms with E-state index in [1.54, 1.807) is 11.3 Å². The Balaban J connectivity index is 1.29. The maximum absolute atomic E-state index is 12.4. The molecule has 0 unspecified atom stereocenters. The van der Waals surface area contributed by atoms with Gasteiger partial charge in [0, 0.05) is 42.8 Å². The van der Waals surface area contributed by atoms with E-state index in [1.165, 1.54) is 30.8 Å². The summed E-state index contributed by atoms with van der Waals surface area (Å²) in [6.45, 7) is 5.05. The first-order valence-corrected chi connectivity index (χ1v) is 10.00. The zero-order valence-electron chi connectivity index (χ0n) is 14.3. The van der Waals surface area contributed by atoms with Crippen LogP contribution in [0.2, 0.25) is 0 Å². The Bertz CT molecular complexity index is 694. The minimum atomic E-state index is 0.205. The fraction of sp³-hybridized carbons (Fsp3) is 0.579. The number of likely N-dealkylation sites (tertiary alicyclic amines) is 1. The van der Waals surface area contributed by atoms with Gasteiger partial charge in [-0.2, -0.15) is 11.3 Å². The molecule has 2 fully saturated rings. The summed E-state index contributed by atoms with van der Waals surface area (Å²) in [5.74, 6) is 2.95. The quantitative estimate of drug-likeness (QED) is 0.821. The highest BCUT2D eigenvalue weighted by molar-refractivity contribution is 7.08. The van der Waals surface area contributed by atoms with Crippen LogP contribution < -0.4 is 0 Å². The third kappa shape index (κ3) is 3.27. The van der Waals surface area contributed by atoms with Gasteiger partial charge in [-0.3, -0.25) is 4.79 Å². The van der Waals surface area contributed by atoms with E-state index in [9.17, 15) is 4.79 Å². The van der Waals surface area contributed by atoms with Gasteiger partial charge >= 0.3 is 0 Å². The molecule has 0 bridgehead atoms. The molecular weight excluding hydrogens is 318 g/mol. The van der Waals surface area contributed by atoms with Gasteiger partial charge in [-0.15, -0.1) is 0 Å². The molecule has 0 N–H and O–H groups in total. The van der Waals surface area contributed by atoms with Gasteiger partial charge in [-0.25, -0.2) is 4.98 Å². The summed E-state index contributed by atoms with van der Waals surface area (Å²) in [5, 5.41) is 3.93. The van der Waals surface area contributed by atoms with Crippen molar-refractivity contribution in [2.45, 2.75) is 51.5 Å². The molecule has 128 valence electrons. The summed E-state index contributed by atoms with van der Waals surface area (Å²) >= 11 is 1.59. The molecule has 0 spiro atoms. The van der Waals surface area contributed by atoms with Gasteiger partial charge in [-0.1, -0.05) is 0 Å². The highest BCUT2D eigenvalue weighted by Crippen LogP contribution is 2.39. The molecule has 1 aliphatic carbocycles. The number of carbonyl (C=O) groups excluding carboxylic acids is 1. The van der Waals surface area contributed by atoms with E-state index in [1.807, 2.05) is 27.9 Å². The summed E-state index contributed by atoms with van der Waals surface area (Å²) in [7, 11) is 0. The van der Waals surface area contributed by atoms with Crippen molar-refractivity contribution in [2.75, 3.05) is 13.1 Å². The minimum absolute atomic E-state index is 0.205. The molecule has 1 saturated heterocycles. The van der Waals surface area contributed by atoms with E-state index in [2.05, 4.69) is 16.5 Å². The fourth-order valence-corrected chi connectivity index (χ4v) is 4.37. The van der Waals surface area contributed by atoms with E-state index >= 15 is 0 Å². The molecule has 24 heavy (non-hydrogen) atoms. The zero-order valence-corrected chi connectivity index (χ0v) is 15.1. The van der Waals surface area contributed by atoms with E-state index < -0.39 is 0 Å². The smallest absolute Gasteiger partial charge is 0.254 e. The predicted octanol–water partition coefficient (Wildman–Crippen LogP) is 4.07. The molecule has 0 aromatic carbocycles. The lowest BCUT2D eigenvalue weighted by Gasteiger charge is -2.32. The number of hydrogen-bond acceptors (Lipinski definition) is 3. The van der Waals surface area contributed by atoms with Crippen LogP contribution in [0, 0.1) is 12.8 Å². The van der Waals surface area contributed by atoms with Crippen molar-refractivity contribution in [2.24, 2.45) is 5.92 Å². The topological polar surface area (TPSA) is 38.1 Å². The van der Waals surface area contributed by atoms with Crippen molar-refractivity contribution in [1.82, 2.24) is 14.5 Å². The third-order valence-corrected chi connectivity index (χ3v) is 6.14. The maximum atomic E-state index is 12.4. The molecule has 2 aromatic heterocycles. The Hall–Kier alpha value is -1.62. The van der Waals surface area contributed by atoms with Crippen molar-refractivity contribution in [3.8, 4) is 0 Å². The number of thiophene rings is 1. The molecule has 1 aliphatic heterocycles. The molecule has 2 aromatic rings. The Morgan fingerprint density at radius 2 is 2.08 bits per heavy atom. The van der Waals surface area contributed by atoms with E-state index in [4.69, 9.17) is 0 Å². The summed E-state index contributed by atoms with van der Waals surface area (Å²) in [6, 6.07) is 1.93. The molecule has 3 heterocycles. The van der Waals surface area contributed by atoms with Gasteiger partial charge in [0.15, 0.2) is 0 Å². The van der Waals surface area contributed by atoms with Crippen molar-refractivity contribution in [3.63, 3.8) is 0 Å². The highest BCUT2D eigenvalue weighted by atomic mass is 32.1. The fourth-order valence-electron chi connectivity index (χ4n) is 3.74. The third-order valence-electron chi connectivity index (χ3n) is 5.46. The molecular formula is C19H25N3OS. The standard InChI is InChI=1S/C19H25N3OS/c1-14-12-20-18(16-2-3-16)22(14)10-6-15-4-8-21(9-5-15)19(23)17-7-11-24-13-17/h7,11-13,15-16H,2-6,8-10H2,1H3. The molecule has 0 atom stereocenters. The van der Waals surface area contributed by atoms with Gasteiger partial charge in [0.1, 0.15) is 5.82 Å². The summed E-state index contributed by atoms with van der Waals surface area (Å²) in [6.07, 6.45) is 8.09. The molecule has 4 rings (SSSR count). The number of hydrogen-bond donors (Lipinski definition) is 0. The van der Waals surface area contributed by atoms with Gasteiger partial charge in [0.25, 0.3) is 5.91 Å². The lowest BCUT2D eigenvalue weighted by molar-refractivity contribution is 0.0685. The number of rotatable bonds is 5. The number of piperidine rings is 1. The van der Waals surface area contributed by atoms with Gasteiger partial charge in [0.05, 0.1) is 5.56 Å². The van der Waals surface area contributed by atoms with Crippen molar-refractivity contribution < 1.29 is 4.79 Å². The lowest BCUT2D eigenvalue weighted by Crippen LogP contribution is -2.38. The Morgan fingerprint density at radius 1 is 1.29 bits per heavy atom. The molecule has 1 saturated carbocycles. The molecule has 0 radical (unpaired) electrons.